The standard InChI is InChI=1S/C35H72/c1-5-7-9-11-13-15-16-17-18-19-20-21-22-23-24-26-28-30-32-35(4)33-34(3)31-29-27-25-14-12-10-8-6-2/h34-35H,5-33H2,1-4H3. The van der Waals surface area contributed by atoms with E-state index in [9.17, 15) is 0 Å². The van der Waals surface area contributed by atoms with Crippen molar-refractivity contribution in [1.82, 2.24) is 0 Å². The van der Waals surface area contributed by atoms with Crippen molar-refractivity contribution in [2.75, 3.05) is 0 Å². The van der Waals surface area contributed by atoms with E-state index in [0.717, 1.165) is 11.8 Å². The Morgan fingerprint density at radius 3 is 0.714 bits per heavy atom. The molecule has 0 aromatic rings. The van der Waals surface area contributed by atoms with Crippen LogP contribution in [-0.4, -0.2) is 0 Å². The molecule has 2 unspecified atom stereocenters. The van der Waals surface area contributed by atoms with Gasteiger partial charge in [0.15, 0.2) is 0 Å². The maximum atomic E-state index is 2.51. The molecule has 0 rings (SSSR count). The van der Waals surface area contributed by atoms with E-state index in [0.29, 0.717) is 0 Å². The minimum Gasteiger partial charge on any atom is -0.0654 e. The fraction of sp³-hybridized carbons (Fsp3) is 1.00. The van der Waals surface area contributed by atoms with Crippen LogP contribution in [0.3, 0.4) is 0 Å². The monoisotopic (exact) mass is 493 g/mol. The number of unbranched alkanes of at least 4 members (excludes halogenated alkanes) is 24. The molecule has 0 saturated carbocycles. The average molecular weight is 493 g/mol. The smallest absolute Gasteiger partial charge is 0.0440 e. The lowest BCUT2D eigenvalue weighted by Crippen LogP contribution is -2.03. The Labute approximate surface area is 225 Å². The van der Waals surface area contributed by atoms with Crippen molar-refractivity contribution in [1.29, 1.82) is 0 Å². The van der Waals surface area contributed by atoms with E-state index in [4.69, 9.17) is 0 Å². The Balaban J connectivity index is 3.23. The van der Waals surface area contributed by atoms with Gasteiger partial charge in [0, 0.05) is 0 Å². The molecule has 0 bridgehead atoms. The van der Waals surface area contributed by atoms with Crippen molar-refractivity contribution in [3.8, 4) is 0 Å². The van der Waals surface area contributed by atoms with E-state index < -0.39 is 0 Å². The van der Waals surface area contributed by atoms with Crippen molar-refractivity contribution >= 4 is 0 Å². The number of hydrogen-bond acceptors (Lipinski definition) is 0. The Hall–Kier alpha value is 0. The van der Waals surface area contributed by atoms with E-state index in [1.165, 1.54) is 186 Å². The first kappa shape index (κ1) is 35.0. The maximum absolute atomic E-state index is 2.51. The lowest BCUT2D eigenvalue weighted by atomic mass is 9.89. The first-order valence-electron chi connectivity index (χ1n) is 17.2. The second kappa shape index (κ2) is 30.2. The summed E-state index contributed by atoms with van der Waals surface area (Å²) >= 11 is 0. The number of hydrogen-bond donors (Lipinski definition) is 0. The summed E-state index contributed by atoms with van der Waals surface area (Å²) in [5, 5.41) is 0. The van der Waals surface area contributed by atoms with Crippen LogP contribution in [-0.2, 0) is 0 Å². The average Bonchev–Trinajstić information content (AvgIpc) is 2.85. The van der Waals surface area contributed by atoms with Gasteiger partial charge in [-0.1, -0.05) is 207 Å². The van der Waals surface area contributed by atoms with Crippen molar-refractivity contribution in [3.05, 3.63) is 0 Å². The van der Waals surface area contributed by atoms with Gasteiger partial charge < -0.3 is 0 Å². The van der Waals surface area contributed by atoms with Crippen LogP contribution in [0.15, 0.2) is 0 Å². The van der Waals surface area contributed by atoms with E-state index in [-0.39, 0.29) is 0 Å². The van der Waals surface area contributed by atoms with Crippen LogP contribution in [0.2, 0.25) is 0 Å². The van der Waals surface area contributed by atoms with Crippen LogP contribution in [0.4, 0.5) is 0 Å². The lowest BCUT2D eigenvalue weighted by molar-refractivity contribution is 0.356. The highest BCUT2D eigenvalue weighted by atomic mass is 14.1. The molecular formula is C35H72. The van der Waals surface area contributed by atoms with Crippen molar-refractivity contribution < 1.29 is 0 Å². The molecule has 0 heterocycles. The molecule has 0 radical (unpaired) electrons. The SMILES string of the molecule is CCCCCCCCCCCCCCCCCCCCC(C)CC(C)CCCCCCCCCC. The fourth-order valence-corrected chi connectivity index (χ4v) is 5.94. The van der Waals surface area contributed by atoms with Gasteiger partial charge in [-0.2, -0.15) is 0 Å². The molecule has 35 heavy (non-hydrogen) atoms. The molecule has 0 aromatic carbocycles. The summed E-state index contributed by atoms with van der Waals surface area (Å²) in [6.07, 6.45) is 42.6. The Bertz CT molecular complexity index is 359. The van der Waals surface area contributed by atoms with Gasteiger partial charge in [-0.05, 0) is 18.3 Å². The van der Waals surface area contributed by atoms with Gasteiger partial charge >= 0.3 is 0 Å². The largest absolute Gasteiger partial charge is 0.0654 e. The molecule has 0 heteroatoms. The molecule has 0 N–H and O–H groups in total. The minimum atomic E-state index is 0.945. The zero-order valence-electron chi connectivity index (χ0n) is 25.7. The van der Waals surface area contributed by atoms with Crippen LogP contribution in [0, 0.1) is 11.8 Å². The summed E-state index contributed by atoms with van der Waals surface area (Å²) in [5.74, 6) is 1.89. The molecule has 0 aliphatic rings. The van der Waals surface area contributed by atoms with Gasteiger partial charge in [0.1, 0.15) is 0 Å². The third-order valence-corrected chi connectivity index (χ3v) is 8.41. The van der Waals surface area contributed by atoms with Crippen molar-refractivity contribution in [2.24, 2.45) is 11.8 Å². The topological polar surface area (TPSA) is 0 Å². The highest BCUT2D eigenvalue weighted by molar-refractivity contribution is 4.61. The van der Waals surface area contributed by atoms with Crippen LogP contribution >= 0.6 is 0 Å². The molecule has 0 spiro atoms. The molecule has 212 valence electrons. The summed E-state index contributed by atoms with van der Waals surface area (Å²) in [4.78, 5) is 0. The molecular weight excluding hydrogens is 420 g/mol. The molecule has 0 amide bonds. The predicted molar refractivity (Wildman–Crippen MR) is 164 cm³/mol. The third kappa shape index (κ3) is 30.1. The zero-order valence-corrected chi connectivity index (χ0v) is 25.7. The van der Waals surface area contributed by atoms with Gasteiger partial charge in [-0.25, -0.2) is 0 Å². The normalized spacial score (nSPS) is 13.4. The Kier molecular flexibility index (Phi) is 30.2. The van der Waals surface area contributed by atoms with Crippen LogP contribution in [0.5, 0.6) is 0 Å². The van der Waals surface area contributed by atoms with Gasteiger partial charge in [0.2, 0.25) is 0 Å². The Morgan fingerprint density at radius 2 is 0.486 bits per heavy atom. The summed E-state index contributed by atoms with van der Waals surface area (Å²) < 4.78 is 0. The molecule has 0 saturated heterocycles. The van der Waals surface area contributed by atoms with E-state index in [1.54, 1.807) is 0 Å². The first-order valence-corrected chi connectivity index (χ1v) is 17.2. The quantitative estimate of drug-likeness (QED) is 0.0874. The van der Waals surface area contributed by atoms with Crippen LogP contribution in [0.1, 0.15) is 214 Å². The molecule has 0 aliphatic heterocycles. The highest BCUT2D eigenvalue weighted by Gasteiger charge is 2.08. The lowest BCUT2D eigenvalue weighted by Gasteiger charge is -2.17. The molecule has 2 atom stereocenters. The van der Waals surface area contributed by atoms with Crippen molar-refractivity contribution in [3.63, 3.8) is 0 Å². The second-order valence-corrected chi connectivity index (χ2v) is 12.5. The molecule has 0 nitrogen and oxygen atoms in total. The predicted octanol–water partition coefficient (Wildman–Crippen LogP) is 13.6. The molecule has 0 aliphatic carbocycles. The minimum absolute atomic E-state index is 0.945. The van der Waals surface area contributed by atoms with Gasteiger partial charge in [0.25, 0.3) is 0 Å². The summed E-state index contributed by atoms with van der Waals surface area (Å²) in [6, 6.07) is 0. The summed E-state index contributed by atoms with van der Waals surface area (Å²) in [5.41, 5.74) is 0. The van der Waals surface area contributed by atoms with E-state index in [1.807, 2.05) is 0 Å². The van der Waals surface area contributed by atoms with Crippen LogP contribution in [0.25, 0.3) is 0 Å². The second-order valence-electron chi connectivity index (χ2n) is 12.5. The fourth-order valence-electron chi connectivity index (χ4n) is 5.94. The van der Waals surface area contributed by atoms with Gasteiger partial charge in [0.05, 0.1) is 0 Å². The summed E-state index contributed by atoms with van der Waals surface area (Å²) in [7, 11) is 0. The molecule has 0 fully saturated rings. The zero-order chi connectivity index (χ0) is 25.7. The highest BCUT2D eigenvalue weighted by Crippen LogP contribution is 2.23. The maximum Gasteiger partial charge on any atom is -0.0440 e. The van der Waals surface area contributed by atoms with Crippen molar-refractivity contribution in [2.45, 2.75) is 214 Å². The Morgan fingerprint density at radius 1 is 0.286 bits per heavy atom. The third-order valence-electron chi connectivity index (χ3n) is 8.41. The van der Waals surface area contributed by atoms with Gasteiger partial charge in [-0.3, -0.25) is 0 Å². The van der Waals surface area contributed by atoms with E-state index >= 15 is 0 Å². The summed E-state index contributed by atoms with van der Waals surface area (Å²) in [6.45, 7) is 9.64. The van der Waals surface area contributed by atoms with Gasteiger partial charge in [-0.15, -0.1) is 0 Å². The van der Waals surface area contributed by atoms with Crippen LogP contribution < -0.4 is 0 Å². The van der Waals surface area contributed by atoms with E-state index in [2.05, 4.69) is 27.7 Å². The number of rotatable bonds is 30. The molecule has 0 aromatic heterocycles. The first-order chi connectivity index (χ1) is 17.2.